The Morgan fingerprint density at radius 2 is 1.67 bits per heavy atom. The fourth-order valence-corrected chi connectivity index (χ4v) is 5.69. The summed E-state index contributed by atoms with van der Waals surface area (Å²) >= 11 is 6.32. The Labute approximate surface area is 234 Å². The molecular weight excluding hydrogens is 541 g/mol. The lowest BCUT2D eigenvalue weighted by Crippen LogP contribution is -2.51. The molecule has 0 aliphatic heterocycles. The molecule has 208 valence electrons. The van der Waals surface area contributed by atoms with Gasteiger partial charge in [0.15, 0.2) is 0 Å². The van der Waals surface area contributed by atoms with E-state index in [1.807, 2.05) is 6.92 Å². The summed E-state index contributed by atoms with van der Waals surface area (Å²) in [5.41, 5.74) is 0.901. The van der Waals surface area contributed by atoms with Crippen molar-refractivity contribution in [3.8, 4) is 0 Å². The predicted octanol–water partition coefficient (Wildman–Crippen LogP) is 5.32. The first kappa shape index (κ1) is 30.1. The van der Waals surface area contributed by atoms with Crippen LogP contribution < -0.4 is 9.62 Å². The molecule has 3 aromatic rings. The fraction of sp³-hybridized carbons (Fsp3) is 0.310. The van der Waals surface area contributed by atoms with Crippen LogP contribution in [0, 0.1) is 12.7 Å². The predicted molar refractivity (Wildman–Crippen MR) is 151 cm³/mol. The molecular formula is C29H33ClFN3O4S. The molecule has 1 atom stereocenters. The van der Waals surface area contributed by atoms with Crippen molar-refractivity contribution in [2.24, 2.45) is 0 Å². The van der Waals surface area contributed by atoms with Crippen molar-refractivity contribution in [1.82, 2.24) is 10.2 Å². The molecule has 2 amide bonds. The minimum atomic E-state index is -4.21. The van der Waals surface area contributed by atoms with E-state index in [4.69, 9.17) is 11.6 Å². The molecule has 0 unspecified atom stereocenters. The van der Waals surface area contributed by atoms with Gasteiger partial charge in [0.05, 0.1) is 10.6 Å². The highest BCUT2D eigenvalue weighted by Gasteiger charge is 2.33. The van der Waals surface area contributed by atoms with Gasteiger partial charge in [-0.25, -0.2) is 12.8 Å². The second kappa shape index (κ2) is 13.6. The molecule has 0 radical (unpaired) electrons. The number of anilines is 1. The third kappa shape index (κ3) is 7.36. The molecule has 39 heavy (non-hydrogen) atoms. The van der Waals surface area contributed by atoms with Crippen LogP contribution in [0.15, 0.2) is 77.7 Å². The van der Waals surface area contributed by atoms with Crippen molar-refractivity contribution in [2.45, 2.75) is 51.1 Å². The van der Waals surface area contributed by atoms with E-state index in [1.165, 1.54) is 35.2 Å². The summed E-state index contributed by atoms with van der Waals surface area (Å²) in [7, 11) is -4.21. The molecule has 3 rings (SSSR count). The Morgan fingerprint density at radius 3 is 2.33 bits per heavy atom. The van der Waals surface area contributed by atoms with Gasteiger partial charge in [0, 0.05) is 23.7 Å². The highest BCUT2D eigenvalue weighted by molar-refractivity contribution is 7.92. The maximum absolute atomic E-state index is 14.6. The number of rotatable bonds is 12. The molecule has 0 bridgehead atoms. The quantitative estimate of drug-likeness (QED) is 0.297. The standard InChI is InChI=1S/C29H33ClFN3O4S/c1-4-5-18-32-29(36)22(3)33(19-23-12-9-10-16-26(23)31)28(35)20-34(27-17-11-15-25(30)21(27)2)39(37,38)24-13-7-6-8-14-24/h6-17,22H,4-5,18-20H2,1-3H3,(H,32,36)/t22-/m0/s1. The number of hydrogen-bond acceptors (Lipinski definition) is 4. The van der Waals surface area contributed by atoms with Crippen molar-refractivity contribution < 1.29 is 22.4 Å². The number of carbonyl (C=O) groups excluding carboxylic acids is 2. The number of unbranched alkanes of at least 4 members (excludes halogenated alkanes) is 1. The van der Waals surface area contributed by atoms with E-state index >= 15 is 0 Å². The summed E-state index contributed by atoms with van der Waals surface area (Å²) in [4.78, 5) is 28.0. The van der Waals surface area contributed by atoms with Crippen molar-refractivity contribution in [3.63, 3.8) is 0 Å². The molecule has 0 aliphatic rings. The number of benzene rings is 3. The number of carbonyl (C=O) groups is 2. The minimum Gasteiger partial charge on any atom is -0.354 e. The topological polar surface area (TPSA) is 86.8 Å². The normalized spacial score (nSPS) is 12.0. The van der Waals surface area contributed by atoms with E-state index < -0.39 is 40.2 Å². The van der Waals surface area contributed by atoms with Crippen LogP contribution in [0.3, 0.4) is 0 Å². The molecule has 7 nitrogen and oxygen atoms in total. The van der Waals surface area contributed by atoms with Gasteiger partial charge in [-0.05, 0) is 56.2 Å². The molecule has 0 aromatic heterocycles. The first-order valence-electron chi connectivity index (χ1n) is 12.7. The van der Waals surface area contributed by atoms with E-state index in [1.54, 1.807) is 56.3 Å². The summed E-state index contributed by atoms with van der Waals surface area (Å²) < 4.78 is 43.2. The maximum Gasteiger partial charge on any atom is 0.264 e. The van der Waals surface area contributed by atoms with Crippen LogP contribution in [0.1, 0.15) is 37.8 Å². The highest BCUT2D eigenvalue weighted by atomic mass is 35.5. The molecule has 0 spiro atoms. The Balaban J connectivity index is 2.04. The Morgan fingerprint density at radius 1 is 1.00 bits per heavy atom. The number of hydrogen-bond donors (Lipinski definition) is 1. The van der Waals surface area contributed by atoms with Gasteiger partial charge in [-0.15, -0.1) is 0 Å². The van der Waals surface area contributed by atoms with Crippen LogP contribution in [-0.4, -0.2) is 44.3 Å². The summed E-state index contributed by atoms with van der Waals surface area (Å²) in [6.45, 7) is 4.78. The van der Waals surface area contributed by atoms with Gasteiger partial charge in [0.2, 0.25) is 11.8 Å². The zero-order valence-electron chi connectivity index (χ0n) is 22.2. The fourth-order valence-electron chi connectivity index (χ4n) is 4.03. The van der Waals surface area contributed by atoms with Crippen LogP contribution in [0.2, 0.25) is 5.02 Å². The third-order valence-electron chi connectivity index (χ3n) is 6.41. The Bertz CT molecular complexity index is 1400. The Kier molecular flexibility index (Phi) is 10.5. The number of sulfonamides is 1. The number of amides is 2. The van der Waals surface area contributed by atoms with Crippen LogP contribution in [0.25, 0.3) is 0 Å². The van der Waals surface area contributed by atoms with Gasteiger partial charge in [-0.1, -0.05) is 67.4 Å². The highest BCUT2D eigenvalue weighted by Crippen LogP contribution is 2.31. The third-order valence-corrected chi connectivity index (χ3v) is 8.60. The molecule has 3 aromatic carbocycles. The van der Waals surface area contributed by atoms with Crippen LogP contribution >= 0.6 is 11.6 Å². The maximum atomic E-state index is 14.6. The zero-order valence-corrected chi connectivity index (χ0v) is 23.8. The average molecular weight is 574 g/mol. The average Bonchev–Trinajstić information content (AvgIpc) is 2.93. The van der Waals surface area contributed by atoms with Crippen LogP contribution in [0.4, 0.5) is 10.1 Å². The van der Waals surface area contributed by atoms with Crippen molar-refractivity contribution in [2.75, 3.05) is 17.4 Å². The van der Waals surface area contributed by atoms with Gasteiger partial charge < -0.3 is 10.2 Å². The smallest absolute Gasteiger partial charge is 0.264 e. The van der Waals surface area contributed by atoms with E-state index in [9.17, 15) is 22.4 Å². The van der Waals surface area contributed by atoms with Crippen LogP contribution in [0.5, 0.6) is 0 Å². The number of halogens is 2. The second-order valence-electron chi connectivity index (χ2n) is 9.14. The summed E-state index contributed by atoms with van der Waals surface area (Å²) in [6.07, 6.45) is 1.63. The van der Waals surface area contributed by atoms with E-state index in [0.717, 1.165) is 17.1 Å². The Hall–Kier alpha value is -3.43. The molecule has 10 heteroatoms. The molecule has 0 saturated heterocycles. The molecule has 0 heterocycles. The number of nitrogens with zero attached hydrogens (tertiary/aromatic N) is 2. The molecule has 0 aliphatic carbocycles. The summed E-state index contributed by atoms with van der Waals surface area (Å²) in [5, 5.41) is 3.13. The minimum absolute atomic E-state index is 0.0109. The van der Waals surface area contributed by atoms with Gasteiger partial charge in [-0.2, -0.15) is 0 Å². The molecule has 0 saturated carbocycles. The van der Waals surface area contributed by atoms with E-state index in [2.05, 4.69) is 5.32 Å². The monoisotopic (exact) mass is 573 g/mol. The first-order valence-corrected chi connectivity index (χ1v) is 14.5. The summed E-state index contributed by atoms with van der Waals surface area (Å²) in [6, 6.07) is 17.5. The van der Waals surface area contributed by atoms with Gasteiger partial charge in [0.25, 0.3) is 10.0 Å². The van der Waals surface area contributed by atoms with E-state index in [0.29, 0.717) is 17.1 Å². The SMILES string of the molecule is CCCCNC(=O)[C@H](C)N(Cc1ccccc1F)C(=O)CN(c1cccc(Cl)c1C)S(=O)(=O)c1ccccc1. The summed E-state index contributed by atoms with van der Waals surface area (Å²) in [5.74, 6) is -1.62. The van der Waals surface area contributed by atoms with Gasteiger partial charge in [0.1, 0.15) is 18.4 Å². The van der Waals surface area contributed by atoms with Crippen molar-refractivity contribution in [3.05, 3.63) is 94.8 Å². The second-order valence-corrected chi connectivity index (χ2v) is 11.4. The number of nitrogens with one attached hydrogen (secondary N) is 1. The zero-order chi connectivity index (χ0) is 28.6. The lowest BCUT2D eigenvalue weighted by molar-refractivity contribution is -0.139. The first-order chi connectivity index (χ1) is 18.6. The molecule has 0 fully saturated rings. The molecule has 1 N–H and O–H groups in total. The van der Waals surface area contributed by atoms with E-state index in [-0.39, 0.29) is 22.7 Å². The van der Waals surface area contributed by atoms with Crippen molar-refractivity contribution >= 4 is 39.1 Å². The lowest BCUT2D eigenvalue weighted by atomic mass is 10.1. The van der Waals surface area contributed by atoms with Gasteiger partial charge in [-0.3, -0.25) is 13.9 Å². The van der Waals surface area contributed by atoms with Gasteiger partial charge >= 0.3 is 0 Å². The lowest BCUT2D eigenvalue weighted by Gasteiger charge is -2.32. The van der Waals surface area contributed by atoms with Crippen molar-refractivity contribution in [1.29, 1.82) is 0 Å². The largest absolute Gasteiger partial charge is 0.354 e. The van der Waals surface area contributed by atoms with Crippen LogP contribution in [-0.2, 0) is 26.2 Å².